The van der Waals surface area contributed by atoms with E-state index < -0.39 is 0 Å². The van der Waals surface area contributed by atoms with E-state index in [1.807, 2.05) is 18.2 Å². The lowest BCUT2D eigenvalue weighted by molar-refractivity contribution is 0.324. The summed E-state index contributed by atoms with van der Waals surface area (Å²) >= 11 is 1.46. The molecule has 1 aliphatic rings. The summed E-state index contributed by atoms with van der Waals surface area (Å²) in [4.78, 5) is 13.2. The van der Waals surface area contributed by atoms with Gasteiger partial charge in [0.05, 0.1) is 25.4 Å². The van der Waals surface area contributed by atoms with Crippen molar-refractivity contribution in [1.29, 1.82) is 5.41 Å². The van der Waals surface area contributed by atoms with Crippen molar-refractivity contribution in [3.8, 4) is 11.5 Å². The van der Waals surface area contributed by atoms with E-state index in [0.717, 1.165) is 40.9 Å². The molecule has 1 fully saturated rings. The van der Waals surface area contributed by atoms with Gasteiger partial charge in [-0.15, -0.1) is 0 Å². The minimum atomic E-state index is 0.214. The fourth-order valence-electron chi connectivity index (χ4n) is 3.94. The number of aromatic nitrogens is 4. The van der Waals surface area contributed by atoms with E-state index in [4.69, 9.17) is 19.9 Å². The maximum absolute atomic E-state index is 8.17. The smallest absolute Gasteiger partial charge is 0.173 e. The average Bonchev–Trinajstić information content (AvgIpc) is 3.18. The maximum Gasteiger partial charge on any atom is 0.173 e. The fraction of sp³-hybridized carbons (Fsp3) is 0.476. The normalized spacial score (nSPS) is 15.0. The molecule has 1 saturated carbocycles. The first kappa shape index (κ1) is 19.8. The molecule has 1 aliphatic carbocycles. The minimum Gasteiger partial charge on any atom is -0.497 e. The Bertz CT molecular complexity index is 1040. The van der Waals surface area contributed by atoms with Crippen molar-refractivity contribution < 1.29 is 9.47 Å². The van der Waals surface area contributed by atoms with E-state index in [1.54, 1.807) is 20.5 Å². The lowest BCUT2D eigenvalue weighted by Gasteiger charge is -2.21. The van der Waals surface area contributed by atoms with Crippen molar-refractivity contribution in [2.24, 2.45) is 5.92 Å². The average molecular weight is 414 g/mol. The molecule has 0 radical (unpaired) electrons. The van der Waals surface area contributed by atoms with Crippen molar-refractivity contribution in [1.82, 2.24) is 19.5 Å². The zero-order chi connectivity index (χ0) is 20.2. The number of aryl methyl sites for hydroxylation is 1. The second-order valence-corrected chi connectivity index (χ2v) is 8.47. The van der Waals surface area contributed by atoms with Crippen molar-refractivity contribution in [2.75, 3.05) is 14.2 Å². The highest BCUT2D eigenvalue weighted by molar-refractivity contribution is 7.99. The summed E-state index contributed by atoms with van der Waals surface area (Å²) in [7, 11) is 3.29. The Morgan fingerprint density at radius 1 is 1.21 bits per heavy atom. The molecule has 0 bridgehead atoms. The number of fused-ring (bicyclic) bond motifs is 1. The van der Waals surface area contributed by atoms with Crippen LogP contribution in [0.4, 0.5) is 0 Å². The Morgan fingerprint density at radius 3 is 2.79 bits per heavy atom. The predicted molar refractivity (Wildman–Crippen MR) is 113 cm³/mol. The number of benzene rings is 1. The van der Waals surface area contributed by atoms with Crippen LogP contribution in [-0.2, 0) is 6.54 Å². The summed E-state index contributed by atoms with van der Waals surface area (Å²) in [5.41, 5.74) is 1.66. The molecule has 0 aliphatic heterocycles. The molecule has 0 unspecified atom stereocenters. The van der Waals surface area contributed by atoms with Crippen LogP contribution in [0.15, 0.2) is 34.6 Å². The molecular weight excluding hydrogens is 386 g/mol. The Kier molecular flexibility index (Phi) is 6.08. The Balaban J connectivity index is 1.60. The molecular formula is C21H27N5O2S. The summed E-state index contributed by atoms with van der Waals surface area (Å²) < 4.78 is 12.9. The summed E-state index contributed by atoms with van der Waals surface area (Å²) in [5, 5.41) is 8.88. The second-order valence-electron chi connectivity index (χ2n) is 7.44. The van der Waals surface area contributed by atoms with E-state index >= 15 is 0 Å². The second kappa shape index (κ2) is 8.90. The third-order valence-electron chi connectivity index (χ3n) is 5.58. The van der Waals surface area contributed by atoms with Crippen LogP contribution in [0.25, 0.3) is 11.2 Å². The molecule has 0 amide bonds. The van der Waals surface area contributed by atoms with Gasteiger partial charge in [-0.05, 0) is 42.3 Å². The van der Waals surface area contributed by atoms with Crippen LogP contribution in [0, 0.1) is 11.3 Å². The summed E-state index contributed by atoms with van der Waals surface area (Å²) in [6.07, 6.45) is 9.60. The third kappa shape index (κ3) is 4.42. The molecule has 8 heteroatoms. The lowest BCUT2D eigenvalue weighted by atomic mass is 9.87. The Labute approximate surface area is 174 Å². The summed E-state index contributed by atoms with van der Waals surface area (Å²) in [5.74, 6) is 2.30. The number of methoxy groups -OCH3 is 2. The number of rotatable bonds is 7. The molecule has 4 rings (SSSR count). The van der Waals surface area contributed by atoms with Gasteiger partial charge in [0, 0.05) is 6.54 Å². The molecule has 2 N–H and O–H groups in total. The Hall–Kier alpha value is -2.48. The number of ether oxygens (including phenoxy) is 2. The van der Waals surface area contributed by atoms with Gasteiger partial charge in [-0.3, -0.25) is 5.41 Å². The number of imidazole rings is 1. The fourth-order valence-corrected chi connectivity index (χ4v) is 4.86. The quantitative estimate of drug-likeness (QED) is 0.600. The number of hydrogen-bond acceptors (Lipinski definition) is 6. The molecule has 1 aromatic carbocycles. The molecule has 2 aromatic heterocycles. The van der Waals surface area contributed by atoms with Crippen LogP contribution >= 0.6 is 11.8 Å². The van der Waals surface area contributed by atoms with E-state index in [1.165, 1.54) is 43.9 Å². The number of nitrogens with zero attached hydrogens (tertiary/aromatic N) is 3. The first-order valence-electron chi connectivity index (χ1n) is 10.1. The highest BCUT2D eigenvalue weighted by Crippen LogP contribution is 2.36. The number of nitrogens with one attached hydrogen (secondary N) is 2. The van der Waals surface area contributed by atoms with Gasteiger partial charge in [-0.2, -0.15) is 0 Å². The number of aromatic amines is 1. The molecule has 0 atom stereocenters. The summed E-state index contributed by atoms with van der Waals surface area (Å²) in [6.45, 7) is 0.881. The van der Waals surface area contributed by atoms with Crippen LogP contribution in [-0.4, -0.2) is 33.7 Å². The molecule has 7 nitrogen and oxygen atoms in total. The van der Waals surface area contributed by atoms with Gasteiger partial charge < -0.3 is 19.0 Å². The number of hydrogen-bond donors (Lipinski definition) is 2. The molecule has 0 saturated heterocycles. The van der Waals surface area contributed by atoms with Gasteiger partial charge in [-0.1, -0.05) is 32.1 Å². The largest absolute Gasteiger partial charge is 0.497 e. The molecule has 3 aromatic rings. The topological polar surface area (TPSA) is 88.8 Å². The van der Waals surface area contributed by atoms with Crippen LogP contribution in [0.2, 0.25) is 0 Å². The summed E-state index contributed by atoms with van der Waals surface area (Å²) in [6, 6.07) is 5.67. The van der Waals surface area contributed by atoms with Gasteiger partial charge in [0.15, 0.2) is 16.3 Å². The third-order valence-corrected chi connectivity index (χ3v) is 6.50. The molecule has 2 heterocycles. The van der Waals surface area contributed by atoms with E-state index in [2.05, 4.69) is 14.5 Å². The van der Waals surface area contributed by atoms with Crippen LogP contribution < -0.4 is 15.0 Å². The minimum absolute atomic E-state index is 0.214. The highest BCUT2D eigenvalue weighted by atomic mass is 32.2. The van der Waals surface area contributed by atoms with Gasteiger partial charge in [0.1, 0.15) is 17.0 Å². The van der Waals surface area contributed by atoms with Gasteiger partial charge >= 0.3 is 0 Å². The van der Waals surface area contributed by atoms with E-state index in [0.29, 0.717) is 10.7 Å². The number of H-pyrrole nitrogens is 1. The van der Waals surface area contributed by atoms with Gasteiger partial charge in [0.25, 0.3) is 0 Å². The maximum atomic E-state index is 8.17. The van der Waals surface area contributed by atoms with E-state index in [9.17, 15) is 0 Å². The SMILES string of the molecule is COc1ccc(OC)c(Sc2nc3c([nH]2)c(=N)ncn3CCC2CCCCC2)c1. The molecule has 154 valence electrons. The molecule has 29 heavy (non-hydrogen) atoms. The van der Waals surface area contributed by atoms with E-state index in [-0.39, 0.29) is 5.49 Å². The van der Waals surface area contributed by atoms with Crippen molar-refractivity contribution in [2.45, 2.75) is 55.1 Å². The van der Waals surface area contributed by atoms with Crippen molar-refractivity contribution in [3.05, 3.63) is 30.0 Å². The standard InChI is InChI=1S/C21H27N5O2S/c1-27-15-8-9-16(28-2)17(12-15)29-21-24-18-19(22)23-13-26(20(18)25-21)11-10-14-6-4-3-5-7-14/h8-9,12-14,22H,3-7,10-11H2,1-2H3,(H,24,25). The predicted octanol–water partition coefficient (Wildman–Crippen LogP) is 4.38. The monoisotopic (exact) mass is 413 g/mol. The van der Waals surface area contributed by atoms with Crippen LogP contribution in [0.3, 0.4) is 0 Å². The molecule has 0 spiro atoms. The first-order valence-corrected chi connectivity index (χ1v) is 10.9. The zero-order valence-electron chi connectivity index (χ0n) is 16.9. The van der Waals surface area contributed by atoms with Crippen LogP contribution in [0.1, 0.15) is 38.5 Å². The van der Waals surface area contributed by atoms with Crippen LogP contribution in [0.5, 0.6) is 11.5 Å². The first-order chi connectivity index (χ1) is 14.2. The van der Waals surface area contributed by atoms with Crippen molar-refractivity contribution >= 4 is 22.9 Å². The van der Waals surface area contributed by atoms with Gasteiger partial charge in [-0.25, -0.2) is 9.97 Å². The van der Waals surface area contributed by atoms with Crippen molar-refractivity contribution in [3.63, 3.8) is 0 Å². The highest BCUT2D eigenvalue weighted by Gasteiger charge is 2.16. The van der Waals surface area contributed by atoms with Gasteiger partial charge in [0.2, 0.25) is 0 Å². The Morgan fingerprint density at radius 2 is 2.03 bits per heavy atom. The lowest BCUT2D eigenvalue weighted by Crippen LogP contribution is -2.15. The zero-order valence-corrected chi connectivity index (χ0v) is 17.7.